The average Bonchev–Trinajstić information content (AvgIpc) is 3.24. The third-order valence-corrected chi connectivity index (χ3v) is 5.48. The van der Waals surface area contributed by atoms with Crippen molar-refractivity contribution in [1.29, 1.82) is 0 Å². The van der Waals surface area contributed by atoms with Gasteiger partial charge in [-0.25, -0.2) is 0 Å². The van der Waals surface area contributed by atoms with Crippen LogP contribution in [0.4, 0.5) is 5.69 Å². The maximum absolute atomic E-state index is 12.7. The maximum Gasteiger partial charge on any atom is 0.247 e. The van der Waals surface area contributed by atoms with Crippen molar-refractivity contribution in [2.75, 3.05) is 18.4 Å². The summed E-state index contributed by atoms with van der Waals surface area (Å²) in [6, 6.07) is 17.6. The summed E-state index contributed by atoms with van der Waals surface area (Å²) in [6.45, 7) is 5.70. The summed E-state index contributed by atoms with van der Waals surface area (Å²) in [5.41, 5.74) is 2.91. The van der Waals surface area contributed by atoms with E-state index in [4.69, 9.17) is 4.42 Å². The number of para-hydroxylation sites is 1. The van der Waals surface area contributed by atoms with E-state index < -0.39 is 0 Å². The topological polar surface area (TPSA) is 71.3 Å². The van der Waals surface area contributed by atoms with E-state index in [0.29, 0.717) is 18.3 Å². The van der Waals surface area contributed by atoms with Crippen molar-refractivity contribution in [3.63, 3.8) is 0 Å². The zero-order chi connectivity index (χ0) is 20.2. The molecule has 0 spiro atoms. The normalized spacial score (nSPS) is 18.3. The molecule has 6 heteroatoms. The number of aryl methyl sites for hydroxylation is 1. The molecule has 0 saturated carbocycles. The molecular formula is C23H26N4O2. The van der Waals surface area contributed by atoms with Gasteiger partial charge in [-0.05, 0) is 57.5 Å². The fourth-order valence-electron chi connectivity index (χ4n) is 3.79. The lowest BCUT2D eigenvalue weighted by atomic mass is 9.96. The highest BCUT2D eigenvalue weighted by molar-refractivity contribution is 5.92. The zero-order valence-corrected chi connectivity index (χ0v) is 16.8. The Balaban J connectivity index is 1.42. The number of likely N-dealkylation sites (tertiary alicyclic amines) is 1. The molecule has 1 amide bonds. The van der Waals surface area contributed by atoms with Gasteiger partial charge in [0.1, 0.15) is 0 Å². The van der Waals surface area contributed by atoms with Crippen LogP contribution in [0.25, 0.3) is 11.5 Å². The summed E-state index contributed by atoms with van der Waals surface area (Å²) in [7, 11) is 0. The molecule has 1 aliphatic heterocycles. The third kappa shape index (κ3) is 4.54. The Hall–Kier alpha value is -2.99. The summed E-state index contributed by atoms with van der Waals surface area (Å²) in [6.07, 6.45) is 1.86. The zero-order valence-electron chi connectivity index (χ0n) is 16.8. The van der Waals surface area contributed by atoms with Crippen molar-refractivity contribution in [3.05, 3.63) is 66.1 Å². The van der Waals surface area contributed by atoms with Crippen molar-refractivity contribution in [3.8, 4) is 11.5 Å². The monoisotopic (exact) mass is 390 g/mol. The second-order valence-corrected chi connectivity index (χ2v) is 7.68. The Bertz CT molecular complexity index is 970. The number of aromatic nitrogens is 2. The fourth-order valence-corrected chi connectivity index (χ4v) is 3.79. The first-order valence-electron chi connectivity index (χ1n) is 10.1. The molecule has 0 unspecified atom stereocenters. The summed E-state index contributed by atoms with van der Waals surface area (Å²) in [5.74, 6) is 1.14. The Morgan fingerprint density at radius 1 is 1.17 bits per heavy atom. The number of rotatable bonds is 5. The molecule has 0 radical (unpaired) electrons. The Kier molecular flexibility index (Phi) is 5.71. The molecule has 1 aliphatic rings. The lowest BCUT2D eigenvalue weighted by Gasteiger charge is -2.34. The molecule has 1 N–H and O–H groups in total. The first-order valence-corrected chi connectivity index (χ1v) is 10.1. The Morgan fingerprint density at radius 3 is 2.79 bits per heavy atom. The van der Waals surface area contributed by atoms with Crippen LogP contribution < -0.4 is 5.32 Å². The highest BCUT2D eigenvalue weighted by Gasteiger charge is 2.31. The van der Waals surface area contributed by atoms with Crippen LogP contribution in [0.5, 0.6) is 0 Å². The number of nitrogens with one attached hydrogen (secondary N) is 1. The number of piperidine rings is 1. The second kappa shape index (κ2) is 8.57. The quantitative estimate of drug-likeness (QED) is 0.697. The van der Waals surface area contributed by atoms with E-state index in [-0.39, 0.29) is 17.9 Å². The average molecular weight is 390 g/mol. The van der Waals surface area contributed by atoms with Crippen LogP contribution in [0, 0.1) is 12.8 Å². The van der Waals surface area contributed by atoms with Crippen molar-refractivity contribution < 1.29 is 9.21 Å². The number of amides is 1. The molecule has 1 aromatic heterocycles. The van der Waals surface area contributed by atoms with E-state index >= 15 is 0 Å². The minimum Gasteiger partial charge on any atom is -0.419 e. The van der Waals surface area contributed by atoms with Crippen LogP contribution in [0.1, 0.15) is 37.3 Å². The van der Waals surface area contributed by atoms with E-state index in [1.54, 1.807) is 0 Å². The second-order valence-electron chi connectivity index (χ2n) is 7.68. The van der Waals surface area contributed by atoms with Gasteiger partial charge in [-0.1, -0.05) is 35.9 Å². The first kappa shape index (κ1) is 19.3. The van der Waals surface area contributed by atoms with Crippen LogP contribution in [0.2, 0.25) is 0 Å². The van der Waals surface area contributed by atoms with Gasteiger partial charge in [0, 0.05) is 17.8 Å². The van der Waals surface area contributed by atoms with Crippen LogP contribution in [-0.4, -0.2) is 34.1 Å². The van der Waals surface area contributed by atoms with Crippen molar-refractivity contribution in [1.82, 2.24) is 15.1 Å². The molecule has 6 nitrogen and oxygen atoms in total. The first-order chi connectivity index (χ1) is 14.1. The lowest BCUT2D eigenvalue weighted by Crippen LogP contribution is -2.41. The molecule has 150 valence electrons. The molecule has 2 atom stereocenters. The summed E-state index contributed by atoms with van der Waals surface area (Å²) in [4.78, 5) is 15.0. The molecule has 2 heterocycles. The lowest BCUT2D eigenvalue weighted by molar-refractivity contribution is -0.121. The van der Waals surface area contributed by atoms with E-state index in [9.17, 15) is 4.79 Å². The highest BCUT2D eigenvalue weighted by Crippen LogP contribution is 2.28. The number of nitrogens with zero attached hydrogens (tertiary/aromatic N) is 3. The number of carbonyl (C=O) groups is 1. The van der Waals surface area contributed by atoms with E-state index in [1.807, 2.05) is 61.5 Å². The molecule has 0 aliphatic carbocycles. The minimum atomic E-state index is -0.0504. The standard InChI is InChI=1S/C23H26N4O2/c1-16-8-6-9-18(14-16)23-26-25-22(29-23)17(2)27-13-7-10-19(15-27)21(28)24-20-11-4-3-5-12-20/h3-6,8-9,11-12,14,17,19H,7,10,13,15H2,1-2H3,(H,24,28)/t17-,19+/m1/s1. The maximum atomic E-state index is 12.7. The molecule has 1 saturated heterocycles. The van der Waals surface area contributed by atoms with Gasteiger partial charge in [0.25, 0.3) is 0 Å². The van der Waals surface area contributed by atoms with Gasteiger partial charge < -0.3 is 9.73 Å². The molecule has 2 aromatic carbocycles. The molecule has 3 aromatic rings. The number of anilines is 1. The van der Waals surface area contributed by atoms with Crippen LogP contribution in [0.3, 0.4) is 0 Å². The van der Waals surface area contributed by atoms with E-state index in [0.717, 1.165) is 36.2 Å². The molecule has 29 heavy (non-hydrogen) atoms. The van der Waals surface area contributed by atoms with Gasteiger partial charge in [-0.15, -0.1) is 10.2 Å². The third-order valence-electron chi connectivity index (χ3n) is 5.48. The van der Waals surface area contributed by atoms with E-state index in [2.05, 4.69) is 27.3 Å². The Morgan fingerprint density at radius 2 is 2.00 bits per heavy atom. The van der Waals surface area contributed by atoms with Gasteiger partial charge in [0.15, 0.2) is 0 Å². The highest BCUT2D eigenvalue weighted by atomic mass is 16.4. The number of hydrogen-bond donors (Lipinski definition) is 1. The van der Waals surface area contributed by atoms with Crippen molar-refractivity contribution in [2.24, 2.45) is 5.92 Å². The summed E-state index contributed by atoms with van der Waals surface area (Å²) < 4.78 is 5.97. The molecule has 0 bridgehead atoms. The van der Waals surface area contributed by atoms with Crippen molar-refractivity contribution in [2.45, 2.75) is 32.7 Å². The van der Waals surface area contributed by atoms with Gasteiger partial charge in [0.05, 0.1) is 12.0 Å². The summed E-state index contributed by atoms with van der Waals surface area (Å²) >= 11 is 0. The van der Waals surface area contributed by atoms with E-state index in [1.165, 1.54) is 0 Å². The molecule has 4 rings (SSSR count). The number of benzene rings is 2. The summed E-state index contributed by atoms with van der Waals surface area (Å²) in [5, 5.41) is 11.5. The van der Waals surface area contributed by atoms with Crippen molar-refractivity contribution >= 4 is 11.6 Å². The Labute approximate surface area is 170 Å². The predicted molar refractivity (Wildman–Crippen MR) is 112 cm³/mol. The number of hydrogen-bond acceptors (Lipinski definition) is 5. The van der Waals surface area contributed by atoms with Crippen LogP contribution in [-0.2, 0) is 4.79 Å². The SMILES string of the molecule is Cc1cccc(-c2nnc([C@@H](C)N3CCC[C@H](C(=O)Nc4ccccc4)C3)o2)c1. The van der Waals surface area contributed by atoms with Crippen LogP contribution >= 0.6 is 0 Å². The number of carbonyl (C=O) groups excluding carboxylic acids is 1. The van der Waals surface area contributed by atoms with Gasteiger partial charge in [0.2, 0.25) is 17.7 Å². The van der Waals surface area contributed by atoms with Crippen LogP contribution in [0.15, 0.2) is 59.0 Å². The largest absolute Gasteiger partial charge is 0.419 e. The smallest absolute Gasteiger partial charge is 0.247 e. The fraction of sp³-hybridized carbons (Fsp3) is 0.348. The molecule has 1 fully saturated rings. The van der Waals surface area contributed by atoms with Gasteiger partial charge in [-0.2, -0.15) is 0 Å². The van der Waals surface area contributed by atoms with Gasteiger partial charge >= 0.3 is 0 Å². The molecular weight excluding hydrogens is 364 g/mol. The van der Waals surface area contributed by atoms with Gasteiger partial charge in [-0.3, -0.25) is 9.69 Å². The minimum absolute atomic E-state index is 0.0339. The predicted octanol–water partition coefficient (Wildman–Crippen LogP) is 4.46.